The second-order valence-electron chi connectivity index (χ2n) is 6.21. The number of rotatable bonds is 7. The molecule has 6 heteroatoms. The van der Waals surface area contributed by atoms with E-state index in [1.54, 1.807) is 6.26 Å². The largest absolute Gasteiger partial charge is 0.468 e. The van der Waals surface area contributed by atoms with Crippen molar-refractivity contribution in [2.24, 2.45) is 0 Å². The number of likely N-dealkylation sites (N-methyl/N-ethyl adjacent to an activating group) is 1. The molecular formula is C17H25N5O. The fraction of sp³-hybridized carbons (Fsp3) is 0.529. The van der Waals surface area contributed by atoms with Crippen LogP contribution in [0.15, 0.2) is 35.2 Å². The van der Waals surface area contributed by atoms with Gasteiger partial charge in [-0.05, 0) is 39.1 Å². The molecule has 2 aromatic rings. The maximum atomic E-state index is 5.52. The van der Waals surface area contributed by atoms with Crippen LogP contribution in [0.2, 0.25) is 0 Å². The maximum absolute atomic E-state index is 5.52. The maximum Gasteiger partial charge on any atom is 0.225 e. The molecule has 1 saturated heterocycles. The van der Waals surface area contributed by atoms with Crippen molar-refractivity contribution in [3.05, 3.63) is 42.1 Å². The summed E-state index contributed by atoms with van der Waals surface area (Å²) in [5.74, 6) is 1.83. The van der Waals surface area contributed by atoms with Crippen LogP contribution >= 0.6 is 0 Å². The van der Waals surface area contributed by atoms with Gasteiger partial charge in [0.15, 0.2) is 0 Å². The molecule has 1 fully saturated rings. The van der Waals surface area contributed by atoms with Crippen molar-refractivity contribution in [1.29, 1.82) is 0 Å². The van der Waals surface area contributed by atoms with Crippen LogP contribution in [0, 0.1) is 0 Å². The highest BCUT2D eigenvalue weighted by atomic mass is 16.3. The van der Waals surface area contributed by atoms with Crippen LogP contribution < -0.4 is 10.2 Å². The van der Waals surface area contributed by atoms with Gasteiger partial charge in [-0.25, -0.2) is 9.97 Å². The van der Waals surface area contributed by atoms with Gasteiger partial charge in [0.2, 0.25) is 5.95 Å². The highest BCUT2D eigenvalue weighted by Crippen LogP contribution is 2.18. The van der Waals surface area contributed by atoms with Crippen molar-refractivity contribution in [1.82, 2.24) is 20.2 Å². The minimum absolute atomic E-state index is 0.217. The van der Waals surface area contributed by atoms with Gasteiger partial charge in [-0.1, -0.05) is 0 Å². The average molecular weight is 315 g/mol. The molecular weight excluding hydrogens is 290 g/mol. The van der Waals surface area contributed by atoms with Crippen molar-refractivity contribution >= 4 is 5.95 Å². The zero-order valence-corrected chi connectivity index (χ0v) is 13.9. The van der Waals surface area contributed by atoms with Gasteiger partial charge in [0.1, 0.15) is 5.76 Å². The monoisotopic (exact) mass is 315 g/mol. The molecule has 124 valence electrons. The first-order valence-corrected chi connectivity index (χ1v) is 8.20. The van der Waals surface area contributed by atoms with Crippen molar-refractivity contribution in [3.63, 3.8) is 0 Å². The quantitative estimate of drug-likeness (QED) is 0.844. The second kappa shape index (κ2) is 7.57. The Labute approximate surface area is 137 Å². The molecule has 1 unspecified atom stereocenters. The number of furan rings is 1. The van der Waals surface area contributed by atoms with E-state index in [-0.39, 0.29) is 6.04 Å². The molecule has 0 saturated carbocycles. The van der Waals surface area contributed by atoms with E-state index in [4.69, 9.17) is 4.42 Å². The molecule has 0 amide bonds. The zero-order valence-electron chi connectivity index (χ0n) is 13.9. The van der Waals surface area contributed by atoms with Crippen molar-refractivity contribution < 1.29 is 4.42 Å². The number of nitrogens with one attached hydrogen (secondary N) is 1. The minimum Gasteiger partial charge on any atom is -0.468 e. The van der Waals surface area contributed by atoms with Crippen LogP contribution in [0.4, 0.5) is 5.95 Å². The van der Waals surface area contributed by atoms with E-state index in [0.717, 1.165) is 43.5 Å². The number of aromatic nitrogens is 2. The van der Waals surface area contributed by atoms with E-state index >= 15 is 0 Å². The number of anilines is 1. The van der Waals surface area contributed by atoms with Gasteiger partial charge in [0, 0.05) is 44.1 Å². The summed E-state index contributed by atoms with van der Waals surface area (Å²) in [7, 11) is 4.12. The van der Waals surface area contributed by atoms with Gasteiger partial charge in [-0.2, -0.15) is 0 Å². The van der Waals surface area contributed by atoms with E-state index in [2.05, 4.69) is 39.2 Å². The standard InChI is InChI=1S/C17H25N5O/c1-21(2)15(16-6-5-9-23-16)13-18-10-14-11-19-17(20-12-14)22-7-3-4-8-22/h5-6,9,11-12,15,18H,3-4,7-8,10,13H2,1-2H3. The predicted octanol–water partition coefficient (Wildman–Crippen LogP) is 2.06. The molecule has 1 N–H and O–H groups in total. The Morgan fingerprint density at radius 3 is 2.61 bits per heavy atom. The summed E-state index contributed by atoms with van der Waals surface area (Å²) in [5.41, 5.74) is 1.10. The van der Waals surface area contributed by atoms with Crippen LogP contribution in [0.1, 0.15) is 30.2 Å². The first-order chi connectivity index (χ1) is 11.2. The summed E-state index contributed by atoms with van der Waals surface area (Å²) >= 11 is 0. The third-order valence-electron chi connectivity index (χ3n) is 4.24. The third-order valence-corrected chi connectivity index (χ3v) is 4.24. The van der Waals surface area contributed by atoms with Gasteiger partial charge in [-0.3, -0.25) is 4.90 Å². The molecule has 3 heterocycles. The lowest BCUT2D eigenvalue weighted by molar-refractivity contribution is 0.250. The SMILES string of the molecule is CN(C)C(CNCc1cnc(N2CCCC2)nc1)c1ccco1. The molecule has 0 radical (unpaired) electrons. The normalized spacial score (nSPS) is 16.2. The Balaban J connectivity index is 1.51. The van der Waals surface area contributed by atoms with Crippen LogP contribution in [0.25, 0.3) is 0 Å². The van der Waals surface area contributed by atoms with Crippen LogP contribution in [0.5, 0.6) is 0 Å². The summed E-state index contributed by atoms with van der Waals surface area (Å²) in [5, 5.41) is 3.47. The van der Waals surface area contributed by atoms with Crippen LogP contribution in [0.3, 0.4) is 0 Å². The molecule has 3 rings (SSSR count). The van der Waals surface area contributed by atoms with Crippen LogP contribution in [-0.4, -0.2) is 48.6 Å². The number of nitrogens with zero attached hydrogens (tertiary/aromatic N) is 4. The summed E-state index contributed by atoms with van der Waals surface area (Å²) in [6.07, 6.45) is 8.05. The molecule has 23 heavy (non-hydrogen) atoms. The fourth-order valence-corrected chi connectivity index (χ4v) is 2.89. The average Bonchev–Trinajstić information content (AvgIpc) is 3.25. The zero-order chi connectivity index (χ0) is 16.1. The summed E-state index contributed by atoms with van der Waals surface area (Å²) in [6.45, 7) is 3.72. The lowest BCUT2D eigenvalue weighted by atomic mass is 10.2. The Bertz CT molecular complexity index is 576. The Morgan fingerprint density at radius 1 is 1.26 bits per heavy atom. The van der Waals surface area contributed by atoms with Gasteiger partial charge >= 0.3 is 0 Å². The highest BCUT2D eigenvalue weighted by molar-refractivity contribution is 5.30. The van der Waals surface area contributed by atoms with Gasteiger partial charge < -0.3 is 14.6 Å². The van der Waals surface area contributed by atoms with E-state index in [9.17, 15) is 0 Å². The van der Waals surface area contributed by atoms with Crippen LogP contribution in [-0.2, 0) is 6.54 Å². The van der Waals surface area contributed by atoms with Gasteiger partial charge in [0.25, 0.3) is 0 Å². The molecule has 6 nitrogen and oxygen atoms in total. The summed E-state index contributed by atoms with van der Waals surface area (Å²) < 4.78 is 5.52. The van der Waals surface area contributed by atoms with E-state index in [1.807, 2.05) is 24.5 Å². The topological polar surface area (TPSA) is 57.4 Å². The Hall–Kier alpha value is -1.92. The first kappa shape index (κ1) is 16.0. The molecule has 2 aromatic heterocycles. The van der Waals surface area contributed by atoms with Crippen molar-refractivity contribution in [3.8, 4) is 0 Å². The lowest BCUT2D eigenvalue weighted by Crippen LogP contribution is -2.30. The van der Waals surface area contributed by atoms with E-state index in [1.165, 1.54) is 12.8 Å². The summed E-state index contributed by atoms with van der Waals surface area (Å²) in [6, 6.07) is 4.16. The van der Waals surface area contributed by atoms with E-state index in [0.29, 0.717) is 0 Å². The highest BCUT2D eigenvalue weighted by Gasteiger charge is 2.17. The summed E-state index contributed by atoms with van der Waals surface area (Å²) in [4.78, 5) is 13.4. The third kappa shape index (κ3) is 4.09. The molecule has 0 spiro atoms. The molecule has 0 aliphatic carbocycles. The lowest BCUT2D eigenvalue weighted by Gasteiger charge is -2.22. The molecule has 0 bridgehead atoms. The fourth-order valence-electron chi connectivity index (χ4n) is 2.89. The second-order valence-corrected chi connectivity index (χ2v) is 6.21. The number of hydrogen-bond acceptors (Lipinski definition) is 6. The Morgan fingerprint density at radius 2 is 2.00 bits per heavy atom. The molecule has 1 aliphatic heterocycles. The van der Waals surface area contributed by atoms with E-state index < -0.39 is 0 Å². The smallest absolute Gasteiger partial charge is 0.225 e. The predicted molar refractivity (Wildman–Crippen MR) is 90.3 cm³/mol. The number of hydrogen-bond donors (Lipinski definition) is 1. The minimum atomic E-state index is 0.217. The van der Waals surface area contributed by atoms with Crippen molar-refractivity contribution in [2.75, 3.05) is 38.6 Å². The first-order valence-electron chi connectivity index (χ1n) is 8.20. The van der Waals surface area contributed by atoms with Gasteiger partial charge in [0.05, 0.1) is 12.3 Å². The Kier molecular flexibility index (Phi) is 5.25. The molecule has 0 aromatic carbocycles. The molecule has 1 aliphatic rings. The molecule has 1 atom stereocenters. The van der Waals surface area contributed by atoms with Crippen molar-refractivity contribution in [2.45, 2.75) is 25.4 Å². The van der Waals surface area contributed by atoms with Gasteiger partial charge in [-0.15, -0.1) is 0 Å².